The molecule has 0 bridgehead atoms. The number of ketones is 1. The van der Waals surface area contributed by atoms with E-state index in [2.05, 4.69) is 46.8 Å². The summed E-state index contributed by atoms with van der Waals surface area (Å²) in [5, 5.41) is 16.0. The van der Waals surface area contributed by atoms with Crippen LogP contribution in [0.4, 0.5) is 0 Å². The van der Waals surface area contributed by atoms with Crippen LogP contribution in [-0.2, 0) is 6.54 Å². The number of halogens is 1. The molecule has 0 unspecified atom stereocenters. The second kappa shape index (κ2) is 7.83. The van der Waals surface area contributed by atoms with Crippen molar-refractivity contribution in [2.24, 2.45) is 0 Å². The quantitative estimate of drug-likeness (QED) is 0.290. The summed E-state index contributed by atoms with van der Waals surface area (Å²) in [6.07, 6.45) is 1.54. The van der Waals surface area contributed by atoms with Gasteiger partial charge in [0, 0.05) is 42.1 Å². The molecule has 0 saturated heterocycles. The largest absolute Gasteiger partial charge is 0.497 e. The topological polar surface area (TPSA) is 101 Å². The lowest BCUT2D eigenvalue weighted by Crippen LogP contribution is -2.14. The highest BCUT2D eigenvalue weighted by Crippen LogP contribution is 2.25. The van der Waals surface area contributed by atoms with Gasteiger partial charge in [0.15, 0.2) is 0 Å². The maximum Gasteiger partial charge on any atom is 0.233 e. The molecule has 142 valence electrons. The smallest absolute Gasteiger partial charge is 0.233 e. The van der Waals surface area contributed by atoms with Crippen LogP contribution < -0.4 is 4.74 Å². The molecule has 1 aromatic carbocycles. The first kappa shape index (κ1) is 18.8. The second-order valence-corrected chi connectivity index (χ2v) is 7.62. The number of methoxy groups -OCH3 is 1. The highest BCUT2D eigenvalue weighted by Gasteiger charge is 2.20. The first-order valence-electron chi connectivity index (χ1n) is 8.19. The van der Waals surface area contributed by atoms with Gasteiger partial charge >= 0.3 is 0 Å². The van der Waals surface area contributed by atoms with E-state index in [4.69, 9.17) is 4.74 Å². The molecule has 0 amide bonds. The Labute approximate surface area is 176 Å². The van der Waals surface area contributed by atoms with Crippen molar-refractivity contribution in [3.63, 3.8) is 0 Å². The standard InChI is InChI=1S/C17H14IN7O2S/c1-10-15-14(25(21-10)28-18)7-12(8-19-15)16(26)17-20-22-23-24(17)9-11-3-5-13(27-2)6-4-11/h3-8H,9H2,1-2H3. The van der Waals surface area contributed by atoms with Crippen molar-refractivity contribution in [1.29, 1.82) is 0 Å². The van der Waals surface area contributed by atoms with Crippen LogP contribution >= 0.6 is 30.3 Å². The number of hydrogen-bond acceptors (Lipinski definition) is 8. The molecule has 0 spiro atoms. The molecule has 3 aromatic heterocycles. The van der Waals surface area contributed by atoms with Gasteiger partial charge in [0.25, 0.3) is 0 Å². The lowest BCUT2D eigenvalue weighted by Gasteiger charge is -2.06. The van der Waals surface area contributed by atoms with E-state index in [1.807, 2.05) is 31.2 Å². The predicted octanol–water partition coefficient (Wildman–Crippen LogP) is 2.86. The summed E-state index contributed by atoms with van der Waals surface area (Å²) in [5.41, 5.74) is 3.70. The predicted molar refractivity (Wildman–Crippen MR) is 113 cm³/mol. The third-order valence-corrected chi connectivity index (χ3v) is 5.74. The molecule has 28 heavy (non-hydrogen) atoms. The fourth-order valence-electron chi connectivity index (χ4n) is 2.80. The number of aryl methyl sites for hydroxylation is 1. The Hall–Kier alpha value is -2.54. The average Bonchev–Trinajstić information content (AvgIpc) is 3.32. The summed E-state index contributed by atoms with van der Waals surface area (Å²) in [4.78, 5) is 17.4. The van der Waals surface area contributed by atoms with E-state index >= 15 is 0 Å². The molecule has 0 aliphatic carbocycles. The Kier molecular flexibility index (Phi) is 5.26. The van der Waals surface area contributed by atoms with E-state index < -0.39 is 0 Å². The fraction of sp³-hybridized carbons (Fsp3) is 0.176. The number of fused-ring (bicyclic) bond motifs is 1. The van der Waals surface area contributed by atoms with Crippen LogP contribution in [0.3, 0.4) is 0 Å². The highest BCUT2D eigenvalue weighted by atomic mass is 127. The molecule has 11 heteroatoms. The van der Waals surface area contributed by atoms with Crippen LogP contribution in [0.15, 0.2) is 36.5 Å². The minimum absolute atomic E-state index is 0.155. The molecule has 3 heterocycles. The molecule has 0 aliphatic rings. The summed E-state index contributed by atoms with van der Waals surface area (Å²) in [6, 6.07) is 9.28. The minimum Gasteiger partial charge on any atom is -0.497 e. The first-order valence-corrected chi connectivity index (χ1v) is 11.5. The van der Waals surface area contributed by atoms with Crippen LogP contribution in [0.25, 0.3) is 11.0 Å². The SMILES string of the molecule is COc1ccc(Cn2nnnc2C(=O)c2cnc3c(C)nn(SI)c3c2)cc1. The van der Waals surface area contributed by atoms with Crippen molar-refractivity contribution in [2.45, 2.75) is 13.5 Å². The number of pyridine rings is 1. The second-order valence-electron chi connectivity index (χ2n) is 5.96. The van der Waals surface area contributed by atoms with E-state index in [1.54, 1.807) is 17.3 Å². The number of benzene rings is 1. The van der Waals surface area contributed by atoms with E-state index in [0.29, 0.717) is 12.1 Å². The van der Waals surface area contributed by atoms with Gasteiger partial charge in [-0.25, -0.2) is 4.68 Å². The van der Waals surface area contributed by atoms with Crippen molar-refractivity contribution in [1.82, 2.24) is 34.4 Å². The molecule has 4 rings (SSSR count). The van der Waals surface area contributed by atoms with Crippen molar-refractivity contribution >= 4 is 47.1 Å². The third kappa shape index (κ3) is 3.46. The van der Waals surface area contributed by atoms with Crippen molar-refractivity contribution in [3.8, 4) is 5.75 Å². The summed E-state index contributed by atoms with van der Waals surface area (Å²) >= 11 is 2.14. The Morgan fingerprint density at radius 2 is 2.07 bits per heavy atom. The molecule has 0 atom stereocenters. The number of aromatic nitrogens is 7. The molecule has 0 saturated carbocycles. The molecule has 0 fully saturated rings. The van der Waals surface area contributed by atoms with Crippen LogP contribution in [0.1, 0.15) is 27.4 Å². The van der Waals surface area contributed by atoms with E-state index in [9.17, 15) is 4.79 Å². The van der Waals surface area contributed by atoms with Crippen molar-refractivity contribution < 1.29 is 9.53 Å². The van der Waals surface area contributed by atoms with Gasteiger partial charge in [-0.15, -0.1) is 5.10 Å². The van der Waals surface area contributed by atoms with Crippen molar-refractivity contribution in [2.75, 3.05) is 7.11 Å². The number of ether oxygens (including phenoxy) is 1. The van der Waals surface area contributed by atoms with Gasteiger partial charge in [-0.2, -0.15) is 9.19 Å². The number of nitrogens with zero attached hydrogens (tertiary/aromatic N) is 7. The number of tetrazole rings is 1. The summed E-state index contributed by atoms with van der Waals surface area (Å²) in [5.74, 6) is 0.620. The van der Waals surface area contributed by atoms with Gasteiger partial charge in [0.1, 0.15) is 16.8 Å². The Morgan fingerprint density at radius 1 is 1.29 bits per heavy atom. The first-order chi connectivity index (χ1) is 13.6. The van der Waals surface area contributed by atoms with Crippen molar-refractivity contribution in [3.05, 3.63) is 59.2 Å². The number of carbonyl (C=O) groups is 1. The molecule has 9 nitrogen and oxygen atoms in total. The molecule has 0 N–H and O–H groups in total. The molecular formula is C17H14IN7O2S. The fourth-order valence-corrected chi connectivity index (χ4v) is 4.07. The minimum atomic E-state index is -0.295. The normalized spacial score (nSPS) is 11.1. The Morgan fingerprint density at radius 3 is 2.79 bits per heavy atom. The van der Waals surface area contributed by atoms with Gasteiger partial charge in [0.2, 0.25) is 11.6 Å². The Balaban J connectivity index is 1.65. The number of rotatable bonds is 6. The van der Waals surface area contributed by atoms with Crippen LogP contribution in [-0.4, -0.2) is 47.3 Å². The molecule has 0 radical (unpaired) electrons. The molecule has 0 aliphatic heterocycles. The van der Waals surface area contributed by atoms with E-state index in [0.717, 1.165) is 28.0 Å². The zero-order valence-electron chi connectivity index (χ0n) is 14.9. The van der Waals surface area contributed by atoms with Crippen LogP contribution in [0.5, 0.6) is 5.75 Å². The number of hydrogen-bond donors (Lipinski definition) is 0. The Bertz CT molecular complexity index is 1160. The summed E-state index contributed by atoms with van der Waals surface area (Å²) in [7, 11) is 3.03. The van der Waals surface area contributed by atoms with E-state index in [1.165, 1.54) is 20.0 Å². The highest BCUT2D eigenvalue weighted by molar-refractivity contribution is 14.2. The van der Waals surface area contributed by atoms with Gasteiger partial charge < -0.3 is 4.74 Å². The van der Waals surface area contributed by atoms with Gasteiger partial charge in [-0.05, 0) is 41.1 Å². The lowest BCUT2D eigenvalue weighted by molar-refractivity contribution is 0.102. The lowest BCUT2D eigenvalue weighted by atomic mass is 10.1. The van der Waals surface area contributed by atoms with Crippen LogP contribution in [0, 0.1) is 6.92 Å². The molecule has 4 aromatic rings. The zero-order valence-corrected chi connectivity index (χ0v) is 17.9. The zero-order chi connectivity index (χ0) is 19.7. The summed E-state index contributed by atoms with van der Waals surface area (Å²) < 4.78 is 8.37. The summed E-state index contributed by atoms with van der Waals surface area (Å²) in [6.45, 7) is 2.25. The average molecular weight is 507 g/mol. The number of carbonyl (C=O) groups excluding carboxylic acids is 1. The van der Waals surface area contributed by atoms with Crippen LogP contribution in [0.2, 0.25) is 0 Å². The van der Waals surface area contributed by atoms with E-state index in [-0.39, 0.29) is 11.6 Å². The van der Waals surface area contributed by atoms with Gasteiger partial charge in [0.05, 0.1) is 19.3 Å². The maximum absolute atomic E-state index is 13.0. The monoisotopic (exact) mass is 507 g/mol. The maximum atomic E-state index is 13.0. The van der Waals surface area contributed by atoms with Gasteiger partial charge in [-0.1, -0.05) is 12.1 Å². The van der Waals surface area contributed by atoms with Gasteiger partial charge in [-0.3, -0.25) is 9.78 Å². The molecular weight excluding hydrogens is 493 g/mol. The third-order valence-electron chi connectivity index (χ3n) is 4.21.